The van der Waals surface area contributed by atoms with Crippen molar-refractivity contribution in [1.82, 2.24) is 19.7 Å². The van der Waals surface area contributed by atoms with Crippen molar-refractivity contribution < 1.29 is 42.1 Å². The summed E-state index contributed by atoms with van der Waals surface area (Å²) in [6, 6.07) is 11.7. The lowest BCUT2D eigenvalue weighted by atomic mass is 10.1. The molecule has 1 N–H and O–H groups in total. The Morgan fingerprint density at radius 2 is 1.66 bits per heavy atom. The number of aromatic nitrogens is 3. The molecule has 0 saturated carbocycles. The zero-order valence-electron chi connectivity index (χ0n) is 17.8. The minimum absolute atomic E-state index is 0.00363. The average Bonchev–Trinajstić information content (AvgIpc) is 3.40. The molecule has 2 aromatic carbocycles. The van der Waals surface area contributed by atoms with Crippen LogP contribution in [0.5, 0.6) is 5.75 Å². The van der Waals surface area contributed by atoms with Crippen LogP contribution in [0.15, 0.2) is 54.9 Å². The van der Waals surface area contributed by atoms with Crippen molar-refractivity contribution in [3.63, 3.8) is 0 Å². The molecule has 13 heteroatoms. The van der Waals surface area contributed by atoms with E-state index in [0.29, 0.717) is 22.6 Å². The maximum Gasteiger partial charge on any atom is 0.573 e. The molecule has 4 rings (SSSR count). The third-order valence-electron chi connectivity index (χ3n) is 5.06. The van der Waals surface area contributed by atoms with Gasteiger partial charge in [-0.3, -0.25) is 9.59 Å². The van der Waals surface area contributed by atoms with Crippen molar-refractivity contribution in [2.75, 3.05) is 0 Å². The largest absolute Gasteiger partial charge is 0.573 e. The molecule has 10 nitrogen and oxygen atoms in total. The topological polar surface area (TPSA) is 124 Å². The van der Waals surface area contributed by atoms with Crippen LogP contribution in [0.25, 0.3) is 17.1 Å². The number of hydrogen-bond donors (Lipinski definition) is 1. The summed E-state index contributed by atoms with van der Waals surface area (Å²) in [5.41, 5.74) is 1.67. The number of imide groups is 1. The zero-order valence-corrected chi connectivity index (χ0v) is 17.8. The van der Waals surface area contributed by atoms with Crippen LogP contribution in [0.1, 0.15) is 18.4 Å². The fourth-order valence-electron chi connectivity index (χ4n) is 3.53. The number of likely N-dealkylation sites (tertiary alicyclic amines) is 1. The summed E-state index contributed by atoms with van der Waals surface area (Å²) < 4.78 is 46.9. The van der Waals surface area contributed by atoms with Gasteiger partial charge in [-0.2, -0.15) is 0 Å². The lowest BCUT2D eigenvalue weighted by molar-refractivity contribution is -0.274. The third-order valence-corrected chi connectivity index (χ3v) is 5.06. The number of amides is 2. The first-order chi connectivity index (χ1) is 16.6. The summed E-state index contributed by atoms with van der Waals surface area (Å²) in [5, 5.41) is 13.3. The van der Waals surface area contributed by atoms with Gasteiger partial charge < -0.3 is 14.6 Å². The van der Waals surface area contributed by atoms with Gasteiger partial charge in [0.2, 0.25) is 11.8 Å². The first-order valence-corrected chi connectivity index (χ1v) is 10.2. The third kappa shape index (κ3) is 5.75. The number of carboxylic acid groups (broad SMARTS) is 1. The molecule has 1 fully saturated rings. The molecule has 1 saturated heterocycles. The Balaban J connectivity index is 1.47. The van der Waals surface area contributed by atoms with Crippen LogP contribution >= 0.6 is 0 Å². The zero-order chi connectivity index (χ0) is 25.2. The van der Waals surface area contributed by atoms with Crippen molar-refractivity contribution in [2.45, 2.75) is 31.9 Å². The van der Waals surface area contributed by atoms with E-state index >= 15 is 0 Å². The van der Waals surface area contributed by atoms with Gasteiger partial charge in [-0.05, 0) is 29.8 Å². The number of benzene rings is 2. The molecule has 0 radical (unpaired) electrons. The standard InChI is InChI=1S/C22H17F3N4O6/c23-22(24,25)35-16-7-5-15(6-8-16)28-12-26-20(27-28)14-3-1-13(2-4-14)11-19(34-21(32)33)29-17(30)9-10-18(29)31/h1-8,12,19H,9-11H2,(H,32,33). The molecule has 1 atom stereocenters. The predicted molar refractivity (Wildman–Crippen MR) is 111 cm³/mol. The van der Waals surface area contributed by atoms with Crippen LogP contribution in [0, 0.1) is 0 Å². The van der Waals surface area contributed by atoms with E-state index in [1.165, 1.54) is 23.1 Å². The quantitative estimate of drug-likeness (QED) is 0.394. The Bertz CT molecular complexity index is 1230. The van der Waals surface area contributed by atoms with E-state index in [-0.39, 0.29) is 25.0 Å². The molecule has 0 bridgehead atoms. The molecule has 1 unspecified atom stereocenters. The van der Waals surface area contributed by atoms with E-state index in [1.807, 2.05) is 0 Å². The van der Waals surface area contributed by atoms with E-state index in [2.05, 4.69) is 14.8 Å². The van der Waals surface area contributed by atoms with E-state index in [4.69, 9.17) is 9.84 Å². The second kappa shape index (κ2) is 9.44. The molecule has 0 spiro atoms. The Hall–Kier alpha value is -4.42. The molecule has 1 aromatic heterocycles. The number of hydrogen-bond acceptors (Lipinski definition) is 7. The minimum atomic E-state index is -4.78. The Morgan fingerprint density at radius 3 is 2.23 bits per heavy atom. The maximum atomic E-state index is 12.3. The molecule has 35 heavy (non-hydrogen) atoms. The Labute approximate surface area is 195 Å². The van der Waals surface area contributed by atoms with E-state index in [1.54, 1.807) is 24.3 Å². The van der Waals surface area contributed by atoms with Gasteiger partial charge >= 0.3 is 12.5 Å². The number of carbonyl (C=O) groups is 3. The van der Waals surface area contributed by atoms with E-state index in [9.17, 15) is 27.6 Å². The van der Waals surface area contributed by atoms with Gasteiger partial charge in [-0.15, -0.1) is 18.3 Å². The number of carbonyl (C=O) groups excluding carboxylic acids is 2. The molecule has 1 aliphatic heterocycles. The molecule has 0 aliphatic carbocycles. The highest BCUT2D eigenvalue weighted by Crippen LogP contribution is 2.25. The monoisotopic (exact) mass is 490 g/mol. The summed E-state index contributed by atoms with van der Waals surface area (Å²) in [5.74, 6) is -1.02. The van der Waals surface area contributed by atoms with Gasteiger partial charge in [0.15, 0.2) is 12.1 Å². The maximum absolute atomic E-state index is 12.3. The SMILES string of the molecule is O=C(O)OC(Cc1ccc(-c2ncn(-c3ccc(OC(F)(F)F)cc3)n2)cc1)N1C(=O)CCC1=O. The van der Waals surface area contributed by atoms with Crippen LogP contribution in [0.2, 0.25) is 0 Å². The van der Waals surface area contributed by atoms with Gasteiger partial charge in [-0.1, -0.05) is 24.3 Å². The molecule has 1 aliphatic rings. The van der Waals surface area contributed by atoms with Crippen LogP contribution < -0.4 is 4.74 Å². The van der Waals surface area contributed by atoms with Crippen LogP contribution in [-0.2, 0) is 20.7 Å². The van der Waals surface area contributed by atoms with Crippen molar-refractivity contribution in [1.29, 1.82) is 0 Å². The van der Waals surface area contributed by atoms with Gasteiger partial charge in [0.1, 0.15) is 12.1 Å². The van der Waals surface area contributed by atoms with Crippen LogP contribution in [0.3, 0.4) is 0 Å². The van der Waals surface area contributed by atoms with E-state index < -0.39 is 30.6 Å². The van der Waals surface area contributed by atoms with E-state index in [0.717, 1.165) is 17.0 Å². The second-order valence-corrected chi connectivity index (χ2v) is 7.45. The summed E-state index contributed by atoms with van der Waals surface area (Å²) in [7, 11) is 0. The normalized spacial score (nSPS) is 14.8. The molecular formula is C22H17F3N4O6. The number of rotatable bonds is 7. The second-order valence-electron chi connectivity index (χ2n) is 7.45. The molecule has 3 aromatic rings. The predicted octanol–water partition coefficient (Wildman–Crippen LogP) is 3.55. The smallest absolute Gasteiger partial charge is 0.450 e. The van der Waals surface area contributed by atoms with Gasteiger partial charge in [0.25, 0.3) is 0 Å². The van der Waals surface area contributed by atoms with Crippen molar-refractivity contribution in [3.8, 4) is 22.8 Å². The summed E-state index contributed by atoms with van der Waals surface area (Å²) in [4.78, 5) is 40.1. The molecule has 2 heterocycles. The highest BCUT2D eigenvalue weighted by Gasteiger charge is 2.37. The summed E-state index contributed by atoms with van der Waals surface area (Å²) in [6.45, 7) is 0. The number of halogens is 3. The van der Waals surface area contributed by atoms with Gasteiger partial charge in [-0.25, -0.2) is 19.4 Å². The first kappa shape index (κ1) is 23.7. The Morgan fingerprint density at radius 1 is 1.03 bits per heavy atom. The lowest BCUT2D eigenvalue weighted by Gasteiger charge is -2.24. The molecule has 2 amide bonds. The fraction of sp³-hybridized carbons (Fsp3) is 0.227. The first-order valence-electron chi connectivity index (χ1n) is 10.2. The molecule has 182 valence electrons. The lowest BCUT2D eigenvalue weighted by Crippen LogP contribution is -2.43. The number of nitrogens with zero attached hydrogens (tertiary/aromatic N) is 4. The summed E-state index contributed by atoms with van der Waals surface area (Å²) in [6.07, 6.45) is -6.29. The van der Waals surface area contributed by atoms with Crippen LogP contribution in [-0.4, -0.2) is 55.3 Å². The fourth-order valence-corrected chi connectivity index (χ4v) is 3.53. The van der Waals surface area contributed by atoms with Crippen molar-refractivity contribution in [3.05, 3.63) is 60.4 Å². The Kier molecular flexibility index (Phi) is 6.40. The minimum Gasteiger partial charge on any atom is -0.450 e. The van der Waals surface area contributed by atoms with Gasteiger partial charge in [0.05, 0.1) is 5.69 Å². The van der Waals surface area contributed by atoms with Crippen molar-refractivity contribution >= 4 is 18.0 Å². The highest BCUT2D eigenvalue weighted by atomic mass is 19.4. The van der Waals surface area contributed by atoms with Crippen molar-refractivity contribution in [2.24, 2.45) is 0 Å². The van der Waals surface area contributed by atoms with Crippen LogP contribution in [0.4, 0.5) is 18.0 Å². The van der Waals surface area contributed by atoms with Gasteiger partial charge in [0, 0.05) is 24.8 Å². The highest BCUT2D eigenvalue weighted by molar-refractivity contribution is 6.02. The number of alkyl halides is 3. The average molecular weight is 490 g/mol. The number of ether oxygens (including phenoxy) is 2. The molecular weight excluding hydrogens is 473 g/mol. The summed E-state index contributed by atoms with van der Waals surface area (Å²) >= 11 is 0.